The van der Waals surface area contributed by atoms with Crippen molar-refractivity contribution in [2.45, 2.75) is 13.8 Å². The molecular formula is C12H20N4O2. The van der Waals surface area contributed by atoms with E-state index in [-0.39, 0.29) is 11.8 Å². The molecule has 1 unspecified atom stereocenters. The number of ether oxygens (including phenoxy) is 1. The first-order chi connectivity index (χ1) is 8.62. The van der Waals surface area contributed by atoms with Crippen LogP contribution in [0.1, 0.15) is 13.8 Å². The van der Waals surface area contributed by atoms with Gasteiger partial charge in [0.2, 0.25) is 0 Å². The van der Waals surface area contributed by atoms with Gasteiger partial charge >= 0.3 is 0 Å². The van der Waals surface area contributed by atoms with Crippen LogP contribution < -0.4 is 15.4 Å². The Kier molecular flexibility index (Phi) is 5.23. The summed E-state index contributed by atoms with van der Waals surface area (Å²) in [5.74, 6) is 1.75. The molecule has 6 heteroatoms. The Bertz CT molecular complexity index is 392. The van der Waals surface area contributed by atoms with Crippen LogP contribution in [-0.4, -0.2) is 36.2 Å². The molecule has 1 atom stereocenters. The topological polar surface area (TPSA) is 84.0 Å². The number of nitrogens with zero attached hydrogens (tertiary/aromatic N) is 3. The molecule has 0 spiro atoms. The van der Waals surface area contributed by atoms with Crippen LogP contribution in [0.2, 0.25) is 0 Å². The highest BCUT2D eigenvalue weighted by molar-refractivity contribution is 5.82. The second-order valence-electron chi connectivity index (χ2n) is 4.02. The maximum atomic E-state index is 8.64. The van der Waals surface area contributed by atoms with Crippen LogP contribution >= 0.6 is 0 Å². The number of pyridine rings is 1. The summed E-state index contributed by atoms with van der Waals surface area (Å²) in [6.45, 7) is 5.38. The highest BCUT2D eigenvalue weighted by Crippen LogP contribution is 2.16. The van der Waals surface area contributed by atoms with E-state index in [1.165, 1.54) is 0 Å². The lowest BCUT2D eigenvalue weighted by molar-refractivity contribution is 0.314. The fraction of sp³-hybridized carbons (Fsp3) is 0.500. The minimum absolute atomic E-state index is 0.0427. The van der Waals surface area contributed by atoms with E-state index in [1.807, 2.05) is 26.0 Å². The standard InChI is InChI=1S/C12H20N4O2/c1-4-16(8-9(2)12(13)15-17)11-6-5-10(18-3)7-14-11/h5-7,9,17H,4,8H2,1-3H3,(H2,13,15). The first-order valence-electron chi connectivity index (χ1n) is 5.84. The summed E-state index contributed by atoms with van der Waals surface area (Å²) in [6, 6.07) is 3.75. The van der Waals surface area contributed by atoms with E-state index in [9.17, 15) is 0 Å². The number of anilines is 1. The smallest absolute Gasteiger partial charge is 0.143 e. The number of oxime groups is 1. The molecule has 0 saturated carbocycles. The van der Waals surface area contributed by atoms with Crippen molar-refractivity contribution in [3.8, 4) is 5.75 Å². The van der Waals surface area contributed by atoms with E-state index in [2.05, 4.69) is 15.0 Å². The van der Waals surface area contributed by atoms with Crippen LogP contribution in [0.15, 0.2) is 23.5 Å². The van der Waals surface area contributed by atoms with Gasteiger partial charge in [0.25, 0.3) is 0 Å². The molecule has 0 radical (unpaired) electrons. The fourth-order valence-corrected chi connectivity index (χ4v) is 1.59. The zero-order valence-corrected chi connectivity index (χ0v) is 11.0. The Morgan fingerprint density at radius 2 is 2.33 bits per heavy atom. The van der Waals surface area contributed by atoms with Crippen LogP contribution in [0.5, 0.6) is 5.75 Å². The number of hydrogen-bond donors (Lipinski definition) is 2. The Morgan fingerprint density at radius 3 is 2.78 bits per heavy atom. The monoisotopic (exact) mass is 252 g/mol. The van der Waals surface area contributed by atoms with Gasteiger partial charge < -0.3 is 20.6 Å². The lowest BCUT2D eigenvalue weighted by Gasteiger charge is -2.25. The van der Waals surface area contributed by atoms with Crippen LogP contribution in [0, 0.1) is 5.92 Å². The van der Waals surface area contributed by atoms with Gasteiger partial charge in [-0.1, -0.05) is 12.1 Å². The second kappa shape index (κ2) is 6.68. The summed E-state index contributed by atoms with van der Waals surface area (Å²) in [7, 11) is 1.61. The molecule has 1 rings (SSSR count). The lowest BCUT2D eigenvalue weighted by Crippen LogP contribution is -2.35. The van der Waals surface area contributed by atoms with Gasteiger partial charge in [-0.05, 0) is 19.1 Å². The SMILES string of the molecule is CCN(CC(C)/C(N)=N/O)c1ccc(OC)cn1. The third kappa shape index (κ3) is 3.51. The number of methoxy groups -OCH3 is 1. The minimum atomic E-state index is -0.0427. The first-order valence-corrected chi connectivity index (χ1v) is 5.84. The summed E-state index contributed by atoms with van der Waals surface area (Å²) in [5.41, 5.74) is 5.58. The summed E-state index contributed by atoms with van der Waals surface area (Å²) < 4.78 is 5.07. The molecule has 0 bridgehead atoms. The van der Waals surface area contributed by atoms with Crippen molar-refractivity contribution < 1.29 is 9.94 Å². The predicted molar refractivity (Wildman–Crippen MR) is 71.2 cm³/mol. The Labute approximate surface area is 107 Å². The molecule has 6 nitrogen and oxygen atoms in total. The summed E-state index contributed by atoms with van der Waals surface area (Å²) >= 11 is 0. The third-order valence-electron chi connectivity index (χ3n) is 2.78. The van der Waals surface area contributed by atoms with Crippen molar-refractivity contribution in [3.63, 3.8) is 0 Å². The molecule has 0 saturated heterocycles. The zero-order valence-electron chi connectivity index (χ0n) is 11.0. The van der Waals surface area contributed by atoms with Gasteiger partial charge in [-0.3, -0.25) is 0 Å². The highest BCUT2D eigenvalue weighted by Gasteiger charge is 2.14. The van der Waals surface area contributed by atoms with E-state index >= 15 is 0 Å². The molecule has 0 aromatic carbocycles. The molecule has 0 fully saturated rings. The Morgan fingerprint density at radius 1 is 1.61 bits per heavy atom. The molecule has 3 N–H and O–H groups in total. The number of hydrogen-bond acceptors (Lipinski definition) is 5. The summed E-state index contributed by atoms with van der Waals surface area (Å²) in [6.07, 6.45) is 1.67. The molecule has 0 amide bonds. The van der Waals surface area contributed by atoms with Crippen molar-refractivity contribution in [3.05, 3.63) is 18.3 Å². The molecule has 18 heavy (non-hydrogen) atoms. The van der Waals surface area contributed by atoms with E-state index in [0.717, 1.165) is 18.1 Å². The van der Waals surface area contributed by atoms with Gasteiger partial charge in [-0.15, -0.1) is 0 Å². The molecule has 1 aromatic rings. The lowest BCUT2D eigenvalue weighted by atomic mass is 10.1. The third-order valence-corrected chi connectivity index (χ3v) is 2.78. The van der Waals surface area contributed by atoms with Crippen LogP contribution in [-0.2, 0) is 0 Å². The first kappa shape index (κ1) is 14.1. The van der Waals surface area contributed by atoms with Gasteiger partial charge in [0.15, 0.2) is 0 Å². The van der Waals surface area contributed by atoms with Gasteiger partial charge in [0.05, 0.1) is 13.3 Å². The largest absolute Gasteiger partial charge is 0.495 e. The van der Waals surface area contributed by atoms with Crippen LogP contribution in [0.4, 0.5) is 5.82 Å². The Balaban J connectivity index is 2.76. The second-order valence-corrected chi connectivity index (χ2v) is 4.02. The molecule has 0 aliphatic rings. The fourth-order valence-electron chi connectivity index (χ4n) is 1.59. The van der Waals surface area contributed by atoms with Crippen molar-refractivity contribution >= 4 is 11.7 Å². The van der Waals surface area contributed by atoms with Crippen molar-refractivity contribution in [2.24, 2.45) is 16.8 Å². The maximum Gasteiger partial charge on any atom is 0.143 e. The van der Waals surface area contributed by atoms with Gasteiger partial charge in [0.1, 0.15) is 17.4 Å². The maximum absolute atomic E-state index is 8.64. The number of aromatic nitrogens is 1. The number of rotatable bonds is 6. The van der Waals surface area contributed by atoms with Crippen molar-refractivity contribution in [1.29, 1.82) is 0 Å². The highest BCUT2D eigenvalue weighted by atomic mass is 16.5. The summed E-state index contributed by atoms with van der Waals surface area (Å²) in [5, 5.41) is 11.7. The molecule has 100 valence electrons. The van der Waals surface area contributed by atoms with Crippen molar-refractivity contribution in [2.75, 3.05) is 25.1 Å². The van der Waals surface area contributed by atoms with Crippen molar-refractivity contribution in [1.82, 2.24) is 4.98 Å². The average Bonchev–Trinajstić information content (AvgIpc) is 2.43. The normalized spacial score (nSPS) is 13.2. The predicted octanol–water partition coefficient (Wildman–Crippen LogP) is 1.30. The molecular weight excluding hydrogens is 232 g/mol. The average molecular weight is 252 g/mol. The number of amidine groups is 1. The van der Waals surface area contributed by atoms with Gasteiger partial charge in [-0.2, -0.15) is 0 Å². The van der Waals surface area contributed by atoms with Crippen LogP contribution in [0.3, 0.4) is 0 Å². The van der Waals surface area contributed by atoms with Crippen LogP contribution in [0.25, 0.3) is 0 Å². The van der Waals surface area contributed by atoms with E-state index in [0.29, 0.717) is 6.54 Å². The Hall–Kier alpha value is -1.98. The molecule has 0 aliphatic carbocycles. The number of nitrogens with two attached hydrogens (primary N) is 1. The summed E-state index contributed by atoms with van der Waals surface area (Å²) in [4.78, 5) is 6.37. The molecule has 0 aliphatic heterocycles. The quantitative estimate of drug-likeness (QED) is 0.345. The van der Waals surface area contributed by atoms with E-state index < -0.39 is 0 Å². The minimum Gasteiger partial charge on any atom is -0.495 e. The van der Waals surface area contributed by atoms with E-state index in [4.69, 9.17) is 15.7 Å². The van der Waals surface area contributed by atoms with E-state index in [1.54, 1.807) is 13.3 Å². The van der Waals surface area contributed by atoms with Gasteiger partial charge in [-0.25, -0.2) is 4.98 Å². The zero-order chi connectivity index (χ0) is 13.5. The van der Waals surface area contributed by atoms with Gasteiger partial charge in [0, 0.05) is 19.0 Å². The molecule has 1 heterocycles. The molecule has 1 aromatic heterocycles.